The lowest BCUT2D eigenvalue weighted by molar-refractivity contribution is -0.131. The van der Waals surface area contributed by atoms with E-state index in [0.29, 0.717) is 16.3 Å². The molecular weight excluding hydrogens is 288 g/mol. The number of thiazole rings is 1. The van der Waals surface area contributed by atoms with Gasteiger partial charge in [-0.2, -0.15) is 0 Å². The number of carbonyl (C=O) groups is 2. The second kappa shape index (κ2) is 6.32. The van der Waals surface area contributed by atoms with E-state index in [4.69, 9.17) is 5.11 Å². The lowest BCUT2D eigenvalue weighted by Gasteiger charge is -2.05. The van der Waals surface area contributed by atoms with Crippen LogP contribution in [-0.2, 0) is 4.79 Å². The summed E-state index contributed by atoms with van der Waals surface area (Å²) in [5.41, 5.74) is 2.86. The molecule has 0 saturated heterocycles. The predicted molar refractivity (Wildman–Crippen MR) is 82.7 cm³/mol. The summed E-state index contributed by atoms with van der Waals surface area (Å²) in [5.74, 6) is -1.29. The van der Waals surface area contributed by atoms with Gasteiger partial charge < -0.3 is 5.11 Å². The lowest BCUT2D eigenvalue weighted by Crippen LogP contribution is -2.12. The fraction of sp³-hybridized carbons (Fsp3) is 0.133. The van der Waals surface area contributed by atoms with E-state index in [1.165, 1.54) is 17.4 Å². The average molecular weight is 302 g/mol. The van der Waals surface area contributed by atoms with Crippen LogP contribution < -0.4 is 5.32 Å². The van der Waals surface area contributed by atoms with Gasteiger partial charge in [0.15, 0.2) is 5.13 Å². The van der Waals surface area contributed by atoms with Gasteiger partial charge in [-0.25, -0.2) is 9.78 Å². The minimum atomic E-state index is -1.03. The van der Waals surface area contributed by atoms with Crippen molar-refractivity contribution < 1.29 is 14.7 Å². The molecule has 1 heterocycles. The third kappa shape index (κ3) is 4.25. The Balaban J connectivity index is 2.22. The summed E-state index contributed by atoms with van der Waals surface area (Å²) in [5, 5.41) is 13.8. The van der Waals surface area contributed by atoms with Crippen LogP contribution in [0.2, 0.25) is 0 Å². The van der Waals surface area contributed by atoms with Gasteiger partial charge >= 0.3 is 5.97 Å². The molecule has 0 spiro atoms. The third-order valence-corrected chi connectivity index (χ3v) is 3.50. The van der Waals surface area contributed by atoms with E-state index in [9.17, 15) is 9.59 Å². The van der Waals surface area contributed by atoms with Crippen molar-refractivity contribution in [1.29, 1.82) is 0 Å². The van der Waals surface area contributed by atoms with Crippen molar-refractivity contribution in [3.05, 3.63) is 52.0 Å². The number of carbonyl (C=O) groups excluding carboxylic acids is 1. The molecule has 1 aromatic heterocycles. The summed E-state index contributed by atoms with van der Waals surface area (Å²) in [6.07, 6.45) is 2.50. The molecular formula is C15H14N2O3S. The van der Waals surface area contributed by atoms with Gasteiger partial charge in [0.1, 0.15) is 0 Å². The minimum Gasteiger partial charge on any atom is -0.478 e. The molecule has 0 aliphatic rings. The van der Waals surface area contributed by atoms with Crippen LogP contribution in [-0.4, -0.2) is 22.0 Å². The standard InChI is InChI=1S/C15H14N2O3S/c1-9-5-11(3-4-13(18)19)7-12(6-9)14(20)17-15-16-10(2)8-21-15/h3-8H,1-2H3,(H,18,19)(H,16,17,20)/b4-3+. The van der Waals surface area contributed by atoms with E-state index < -0.39 is 5.97 Å². The van der Waals surface area contributed by atoms with Crippen molar-refractivity contribution in [1.82, 2.24) is 4.98 Å². The molecule has 5 nitrogen and oxygen atoms in total. The van der Waals surface area contributed by atoms with Gasteiger partial charge in [-0.15, -0.1) is 11.3 Å². The van der Waals surface area contributed by atoms with Crippen LogP contribution in [0, 0.1) is 13.8 Å². The first-order valence-corrected chi connectivity index (χ1v) is 7.08. The van der Waals surface area contributed by atoms with Crippen molar-refractivity contribution in [2.75, 3.05) is 5.32 Å². The summed E-state index contributed by atoms with van der Waals surface area (Å²) >= 11 is 1.36. The van der Waals surface area contributed by atoms with E-state index in [0.717, 1.165) is 17.3 Å². The second-order valence-electron chi connectivity index (χ2n) is 4.55. The van der Waals surface area contributed by atoms with Crippen molar-refractivity contribution in [2.24, 2.45) is 0 Å². The molecule has 0 fully saturated rings. The fourth-order valence-corrected chi connectivity index (χ4v) is 2.47. The number of aliphatic carboxylic acids is 1. The first kappa shape index (κ1) is 14.9. The summed E-state index contributed by atoms with van der Waals surface area (Å²) in [6.45, 7) is 3.70. The zero-order chi connectivity index (χ0) is 15.4. The number of aromatic nitrogens is 1. The van der Waals surface area contributed by atoms with Crippen LogP contribution in [0.15, 0.2) is 29.7 Å². The Kier molecular flexibility index (Phi) is 4.49. The highest BCUT2D eigenvalue weighted by atomic mass is 32.1. The first-order chi connectivity index (χ1) is 9.94. The zero-order valence-electron chi connectivity index (χ0n) is 11.6. The van der Waals surface area contributed by atoms with Crippen LogP contribution in [0.1, 0.15) is 27.2 Å². The number of carboxylic acid groups (broad SMARTS) is 1. The van der Waals surface area contributed by atoms with Crippen molar-refractivity contribution in [3.8, 4) is 0 Å². The molecule has 0 aliphatic carbocycles. The molecule has 0 atom stereocenters. The Labute approximate surface area is 126 Å². The second-order valence-corrected chi connectivity index (χ2v) is 5.41. The number of nitrogens with zero attached hydrogens (tertiary/aromatic N) is 1. The lowest BCUT2D eigenvalue weighted by atomic mass is 10.1. The molecule has 2 rings (SSSR count). The Morgan fingerprint density at radius 1 is 1.29 bits per heavy atom. The van der Waals surface area contributed by atoms with Crippen LogP contribution in [0.3, 0.4) is 0 Å². The maximum Gasteiger partial charge on any atom is 0.328 e. The molecule has 1 amide bonds. The van der Waals surface area contributed by atoms with Crippen LogP contribution >= 0.6 is 11.3 Å². The van der Waals surface area contributed by atoms with Gasteiger partial charge in [-0.05, 0) is 43.2 Å². The number of nitrogens with one attached hydrogen (secondary N) is 1. The number of anilines is 1. The number of rotatable bonds is 4. The smallest absolute Gasteiger partial charge is 0.328 e. The highest BCUT2D eigenvalue weighted by Crippen LogP contribution is 2.17. The average Bonchev–Trinajstić information content (AvgIpc) is 2.81. The van der Waals surface area contributed by atoms with Crippen molar-refractivity contribution >= 4 is 34.4 Å². The molecule has 2 aromatic rings. The normalized spacial score (nSPS) is 10.8. The molecule has 108 valence electrons. The molecule has 6 heteroatoms. The molecule has 0 bridgehead atoms. The van der Waals surface area contributed by atoms with Gasteiger partial charge in [0.25, 0.3) is 5.91 Å². The van der Waals surface area contributed by atoms with E-state index in [1.54, 1.807) is 12.1 Å². The molecule has 0 saturated carbocycles. The third-order valence-electron chi connectivity index (χ3n) is 2.62. The summed E-state index contributed by atoms with van der Waals surface area (Å²) in [7, 11) is 0. The minimum absolute atomic E-state index is 0.266. The number of hydrogen-bond acceptors (Lipinski definition) is 4. The van der Waals surface area contributed by atoms with Gasteiger partial charge in [-0.1, -0.05) is 6.07 Å². The molecule has 0 radical (unpaired) electrons. The van der Waals surface area contributed by atoms with Gasteiger partial charge in [-0.3, -0.25) is 10.1 Å². The fourth-order valence-electron chi connectivity index (χ4n) is 1.79. The van der Waals surface area contributed by atoms with Crippen LogP contribution in [0.25, 0.3) is 6.08 Å². The molecule has 0 aliphatic heterocycles. The Bertz CT molecular complexity index is 719. The van der Waals surface area contributed by atoms with E-state index in [2.05, 4.69) is 10.3 Å². The van der Waals surface area contributed by atoms with Crippen molar-refractivity contribution in [3.63, 3.8) is 0 Å². The number of hydrogen-bond donors (Lipinski definition) is 2. The monoisotopic (exact) mass is 302 g/mol. The number of aryl methyl sites for hydroxylation is 2. The van der Waals surface area contributed by atoms with E-state index >= 15 is 0 Å². The quantitative estimate of drug-likeness (QED) is 0.850. The van der Waals surface area contributed by atoms with Crippen molar-refractivity contribution in [2.45, 2.75) is 13.8 Å². The zero-order valence-corrected chi connectivity index (χ0v) is 12.4. The van der Waals surface area contributed by atoms with E-state index in [-0.39, 0.29) is 5.91 Å². The Morgan fingerprint density at radius 2 is 2.05 bits per heavy atom. The maximum absolute atomic E-state index is 12.2. The first-order valence-electron chi connectivity index (χ1n) is 6.20. The summed E-state index contributed by atoms with van der Waals surface area (Å²) in [6, 6.07) is 5.19. The number of amides is 1. The molecule has 0 unspecified atom stereocenters. The molecule has 1 aromatic carbocycles. The summed E-state index contributed by atoms with van der Waals surface area (Å²) in [4.78, 5) is 26.9. The maximum atomic E-state index is 12.2. The van der Waals surface area contributed by atoms with Gasteiger partial charge in [0.2, 0.25) is 0 Å². The largest absolute Gasteiger partial charge is 0.478 e. The topological polar surface area (TPSA) is 79.3 Å². The summed E-state index contributed by atoms with van der Waals surface area (Å²) < 4.78 is 0. The van der Waals surface area contributed by atoms with Gasteiger partial charge in [0, 0.05) is 17.0 Å². The molecule has 2 N–H and O–H groups in total. The van der Waals surface area contributed by atoms with Gasteiger partial charge in [0.05, 0.1) is 5.69 Å². The highest BCUT2D eigenvalue weighted by Gasteiger charge is 2.09. The SMILES string of the molecule is Cc1cc(/C=C/C(=O)O)cc(C(=O)Nc2nc(C)cs2)c1. The Morgan fingerprint density at radius 3 is 2.67 bits per heavy atom. The number of benzene rings is 1. The van der Waals surface area contributed by atoms with Crippen LogP contribution in [0.4, 0.5) is 5.13 Å². The number of carboxylic acids is 1. The van der Waals surface area contributed by atoms with E-state index in [1.807, 2.05) is 25.3 Å². The predicted octanol–water partition coefficient (Wildman–Crippen LogP) is 3.11. The van der Waals surface area contributed by atoms with Crippen LogP contribution in [0.5, 0.6) is 0 Å². The Hall–Kier alpha value is -2.47. The molecule has 21 heavy (non-hydrogen) atoms. The highest BCUT2D eigenvalue weighted by molar-refractivity contribution is 7.13.